The van der Waals surface area contributed by atoms with Gasteiger partial charge >= 0.3 is 0 Å². The number of rotatable bonds is 2. The molecule has 1 rings (SSSR count). The molecule has 1 heterocycles. The summed E-state index contributed by atoms with van der Waals surface area (Å²) in [5.41, 5.74) is 0. The summed E-state index contributed by atoms with van der Waals surface area (Å²) in [6.45, 7) is 5.01. The summed E-state index contributed by atoms with van der Waals surface area (Å²) in [6, 6.07) is 0.468. The summed E-state index contributed by atoms with van der Waals surface area (Å²) >= 11 is 0. The molecule has 3 heteroatoms. The summed E-state index contributed by atoms with van der Waals surface area (Å²) in [5.74, 6) is 0.235. The van der Waals surface area contributed by atoms with Crippen LogP contribution in [0.1, 0.15) is 20.3 Å². The topological polar surface area (TPSA) is 32.3 Å². The normalized spacial score (nSPS) is 25.3. The Bertz CT molecular complexity index is 156. The number of likely N-dealkylation sites (tertiary alicyclic amines) is 1. The lowest BCUT2D eigenvalue weighted by atomic mass is 10.2. The summed E-state index contributed by atoms with van der Waals surface area (Å²) in [4.78, 5) is 13.1. The van der Waals surface area contributed by atoms with Crippen LogP contribution >= 0.6 is 0 Å². The lowest BCUT2D eigenvalue weighted by Crippen LogP contribution is -2.40. The number of nitrogens with one attached hydrogen (secondary N) is 1. The highest BCUT2D eigenvalue weighted by Gasteiger charge is 2.28. The molecule has 0 saturated carbocycles. The third-order valence-corrected chi connectivity index (χ3v) is 1.96. The van der Waals surface area contributed by atoms with Crippen LogP contribution in [0.3, 0.4) is 0 Å². The molecule has 0 aromatic heterocycles. The van der Waals surface area contributed by atoms with Crippen molar-refractivity contribution in [2.75, 3.05) is 13.6 Å². The first-order valence-electron chi connectivity index (χ1n) is 4.12. The molecule has 64 valence electrons. The molecular weight excluding hydrogens is 140 g/mol. The van der Waals surface area contributed by atoms with Crippen molar-refractivity contribution >= 4 is 5.91 Å². The van der Waals surface area contributed by atoms with Gasteiger partial charge in [-0.1, -0.05) is 13.8 Å². The lowest BCUT2D eigenvalue weighted by molar-refractivity contribution is -0.128. The minimum absolute atomic E-state index is 0.0694. The second-order valence-electron chi connectivity index (χ2n) is 3.42. The van der Waals surface area contributed by atoms with Crippen molar-refractivity contribution in [2.24, 2.45) is 0 Å². The van der Waals surface area contributed by atoms with Gasteiger partial charge in [0.15, 0.2) is 0 Å². The molecule has 0 spiro atoms. The van der Waals surface area contributed by atoms with Gasteiger partial charge in [-0.3, -0.25) is 4.79 Å². The molecule has 0 bridgehead atoms. The van der Waals surface area contributed by atoms with Crippen molar-refractivity contribution < 1.29 is 4.79 Å². The first-order chi connectivity index (χ1) is 5.11. The quantitative estimate of drug-likeness (QED) is 0.620. The van der Waals surface area contributed by atoms with Crippen molar-refractivity contribution in [1.29, 1.82) is 0 Å². The number of carbonyl (C=O) groups excluding carboxylic acids is 1. The van der Waals surface area contributed by atoms with Crippen LogP contribution < -0.4 is 5.32 Å². The maximum absolute atomic E-state index is 11.3. The van der Waals surface area contributed by atoms with E-state index in [2.05, 4.69) is 19.2 Å². The van der Waals surface area contributed by atoms with Crippen molar-refractivity contribution in [2.45, 2.75) is 32.4 Å². The second-order valence-corrected chi connectivity index (χ2v) is 3.42. The van der Waals surface area contributed by atoms with Crippen LogP contribution in [0.5, 0.6) is 0 Å². The molecule has 0 aromatic rings. The summed E-state index contributed by atoms with van der Waals surface area (Å²) in [7, 11) is 1.85. The fraction of sp³-hybridized carbons (Fsp3) is 0.875. The molecule has 1 fully saturated rings. The number of nitrogens with zero attached hydrogens (tertiary/aromatic N) is 1. The van der Waals surface area contributed by atoms with Crippen LogP contribution in [0.4, 0.5) is 0 Å². The van der Waals surface area contributed by atoms with Gasteiger partial charge in [0.25, 0.3) is 0 Å². The molecule has 1 saturated heterocycles. The average molecular weight is 156 g/mol. The van der Waals surface area contributed by atoms with Crippen LogP contribution in [0.2, 0.25) is 0 Å². The monoisotopic (exact) mass is 156 g/mol. The van der Waals surface area contributed by atoms with Gasteiger partial charge in [-0.25, -0.2) is 0 Å². The minimum Gasteiger partial charge on any atom is -0.344 e. The molecule has 0 aromatic carbocycles. The second kappa shape index (κ2) is 3.22. The average Bonchev–Trinajstić information content (AvgIpc) is 2.18. The molecule has 11 heavy (non-hydrogen) atoms. The highest BCUT2D eigenvalue weighted by molar-refractivity contribution is 5.83. The number of amides is 1. The van der Waals surface area contributed by atoms with E-state index in [9.17, 15) is 4.79 Å². The highest BCUT2D eigenvalue weighted by Crippen LogP contribution is 2.08. The maximum atomic E-state index is 11.3. The van der Waals surface area contributed by atoms with Gasteiger partial charge in [-0.15, -0.1) is 0 Å². The van der Waals surface area contributed by atoms with Crippen molar-refractivity contribution in [3.63, 3.8) is 0 Å². The molecule has 3 nitrogen and oxygen atoms in total. The van der Waals surface area contributed by atoms with Crippen LogP contribution in [0.15, 0.2) is 0 Å². The van der Waals surface area contributed by atoms with Gasteiger partial charge in [-0.2, -0.15) is 0 Å². The number of hydrogen-bond acceptors (Lipinski definition) is 2. The molecule has 1 aliphatic heterocycles. The molecule has 0 unspecified atom stereocenters. The lowest BCUT2D eigenvalue weighted by Gasteiger charge is -2.14. The molecule has 0 aliphatic carbocycles. The van der Waals surface area contributed by atoms with Gasteiger partial charge in [-0.05, 0) is 6.42 Å². The molecule has 1 aliphatic rings. The number of hydrogen-bond donors (Lipinski definition) is 1. The van der Waals surface area contributed by atoms with Gasteiger partial charge < -0.3 is 10.2 Å². The standard InChI is InChI=1S/C8H16N2O/c1-6(2)9-7-4-5-10(3)8(7)11/h6-7,9H,4-5H2,1-3H3/t7-/m0/s1. The van der Waals surface area contributed by atoms with Crippen molar-refractivity contribution in [3.05, 3.63) is 0 Å². The molecule has 1 N–H and O–H groups in total. The highest BCUT2D eigenvalue weighted by atomic mass is 16.2. The molecule has 0 radical (unpaired) electrons. The van der Waals surface area contributed by atoms with Gasteiger partial charge in [0, 0.05) is 19.6 Å². The van der Waals surface area contributed by atoms with E-state index in [4.69, 9.17) is 0 Å². The zero-order valence-electron chi connectivity index (χ0n) is 7.42. The summed E-state index contributed by atoms with van der Waals surface area (Å²) in [6.07, 6.45) is 0.952. The first kappa shape index (κ1) is 8.53. The van der Waals surface area contributed by atoms with E-state index in [0.29, 0.717) is 6.04 Å². The Labute approximate surface area is 67.8 Å². The van der Waals surface area contributed by atoms with E-state index in [-0.39, 0.29) is 11.9 Å². The smallest absolute Gasteiger partial charge is 0.239 e. The molecular formula is C8H16N2O. The predicted octanol–water partition coefficient (Wildman–Crippen LogP) is 0.215. The van der Waals surface area contributed by atoms with Crippen LogP contribution in [-0.2, 0) is 4.79 Å². The van der Waals surface area contributed by atoms with Crippen LogP contribution in [-0.4, -0.2) is 36.5 Å². The third-order valence-electron chi connectivity index (χ3n) is 1.96. The fourth-order valence-electron chi connectivity index (χ4n) is 1.38. The van der Waals surface area contributed by atoms with E-state index < -0.39 is 0 Å². The van der Waals surface area contributed by atoms with Gasteiger partial charge in [0.05, 0.1) is 6.04 Å². The third kappa shape index (κ3) is 1.93. The number of likely N-dealkylation sites (N-methyl/N-ethyl adjacent to an activating group) is 1. The van der Waals surface area contributed by atoms with Gasteiger partial charge in [0.1, 0.15) is 0 Å². The van der Waals surface area contributed by atoms with Crippen LogP contribution in [0, 0.1) is 0 Å². The number of carbonyl (C=O) groups is 1. The van der Waals surface area contributed by atoms with E-state index in [1.54, 1.807) is 4.90 Å². The largest absolute Gasteiger partial charge is 0.344 e. The van der Waals surface area contributed by atoms with Crippen LogP contribution in [0.25, 0.3) is 0 Å². The zero-order valence-corrected chi connectivity index (χ0v) is 7.42. The molecule has 1 amide bonds. The minimum atomic E-state index is 0.0694. The predicted molar refractivity (Wildman–Crippen MR) is 44.3 cm³/mol. The Morgan fingerprint density at radius 3 is 2.64 bits per heavy atom. The Morgan fingerprint density at radius 2 is 2.27 bits per heavy atom. The van der Waals surface area contributed by atoms with Crippen molar-refractivity contribution in [1.82, 2.24) is 10.2 Å². The maximum Gasteiger partial charge on any atom is 0.239 e. The Kier molecular flexibility index (Phi) is 2.49. The SMILES string of the molecule is CC(C)N[C@H]1CCN(C)C1=O. The Hall–Kier alpha value is -0.570. The first-order valence-corrected chi connectivity index (χ1v) is 4.12. The Morgan fingerprint density at radius 1 is 1.64 bits per heavy atom. The Balaban J connectivity index is 2.42. The van der Waals surface area contributed by atoms with E-state index in [1.807, 2.05) is 7.05 Å². The fourth-order valence-corrected chi connectivity index (χ4v) is 1.38. The summed E-state index contributed by atoms with van der Waals surface area (Å²) in [5, 5.41) is 3.23. The van der Waals surface area contributed by atoms with E-state index >= 15 is 0 Å². The zero-order chi connectivity index (χ0) is 8.43. The van der Waals surface area contributed by atoms with Crippen molar-refractivity contribution in [3.8, 4) is 0 Å². The van der Waals surface area contributed by atoms with E-state index in [0.717, 1.165) is 13.0 Å². The van der Waals surface area contributed by atoms with Gasteiger partial charge in [0.2, 0.25) is 5.91 Å². The van der Waals surface area contributed by atoms with E-state index in [1.165, 1.54) is 0 Å². The summed E-state index contributed by atoms with van der Waals surface area (Å²) < 4.78 is 0. The molecule has 1 atom stereocenters.